The predicted octanol–water partition coefficient (Wildman–Crippen LogP) is 3.12. The average Bonchev–Trinajstić information content (AvgIpc) is 2.70. The van der Waals surface area contributed by atoms with Crippen LogP contribution in [-0.2, 0) is 4.79 Å². The van der Waals surface area contributed by atoms with Crippen molar-refractivity contribution < 1.29 is 4.79 Å². The van der Waals surface area contributed by atoms with Crippen LogP contribution in [0.1, 0.15) is 18.4 Å². The summed E-state index contributed by atoms with van der Waals surface area (Å²) in [5.41, 5.74) is 1.19. The van der Waals surface area contributed by atoms with E-state index in [1.165, 1.54) is 10.5 Å². The van der Waals surface area contributed by atoms with Gasteiger partial charge in [0.05, 0.1) is 5.92 Å². The normalized spacial score (nSPS) is 19.8. The molecule has 0 saturated heterocycles. The van der Waals surface area contributed by atoms with Crippen molar-refractivity contribution in [2.75, 3.05) is 19.3 Å². The number of thioether (sulfide) groups is 1. The molecule has 2 nitrogen and oxygen atoms in total. The smallest absolute Gasteiger partial charge is 0.230 e. The van der Waals surface area contributed by atoms with Gasteiger partial charge in [0, 0.05) is 29.1 Å². The fourth-order valence-corrected chi connectivity index (χ4v) is 3.75. The summed E-state index contributed by atoms with van der Waals surface area (Å²) in [6.07, 6.45) is 0. The van der Waals surface area contributed by atoms with E-state index in [0.717, 1.165) is 12.3 Å². The molecule has 1 aromatic carbocycles. The molecule has 2 unspecified atom stereocenters. The maximum absolute atomic E-state index is 12.3. The van der Waals surface area contributed by atoms with Gasteiger partial charge in [-0.25, -0.2) is 0 Å². The number of alkyl halides is 1. The Morgan fingerprint density at radius 1 is 1.59 bits per heavy atom. The van der Waals surface area contributed by atoms with Crippen molar-refractivity contribution in [1.82, 2.24) is 4.90 Å². The first kappa shape index (κ1) is 13.0. The largest absolute Gasteiger partial charge is 0.344 e. The van der Waals surface area contributed by atoms with Crippen LogP contribution >= 0.6 is 27.7 Å². The molecule has 2 atom stereocenters. The maximum Gasteiger partial charge on any atom is 0.230 e. The third-order valence-corrected chi connectivity index (χ3v) is 4.37. The van der Waals surface area contributed by atoms with Crippen LogP contribution in [0.3, 0.4) is 0 Å². The summed E-state index contributed by atoms with van der Waals surface area (Å²) in [5, 5.41) is 0. The third-order valence-electron chi connectivity index (χ3n) is 2.90. The van der Waals surface area contributed by atoms with Crippen LogP contribution in [0.2, 0.25) is 0 Å². The van der Waals surface area contributed by atoms with Gasteiger partial charge >= 0.3 is 0 Å². The first-order valence-electron chi connectivity index (χ1n) is 5.70. The molecule has 17 heavy (non-hydrogen) atoms. The van der Waals surface area contributed by atoms with Gasteiger partial charge in [0.1, 0.15) is 0 Å². The molecule has 1 aromatic rings. The van der Waals surface area contributed by atoms with Crippen molar-refractivity contribution >= 4 is 33.6 Å². The quantitative estimate of drug-likeness (QED) is 0.799. The maximum atomic E-state index is 12.3. The SMILES string of the molecule is CC(Br)CN(C)C(=O)C1CSc2ccccc21. The summed E-state index contributed by atoms with van der Waals surface area (Å²) in [7, 11) is 1.88. The summed E-state index contributed by atoms with van der Waals surface area (Å²) < 4.78 is 0. The molecule has 4 heteroatoms. The number of nitrogens with zero attached hydrogens (tertiary/aromatic N) is 1. The molecule has 1 heterocycles. The minimum atomic E-state index is 0.0347. The minimum absolute atomic E-state index is 0.0347. The summed E-state index contributed by atoms with van der Waals surface area (Å²) >= 11 is 5.27. The van der Waals surface area contributed by atoms with Gasteiger partial charge in [0.2, 0.25) is 5.91 Å². The predicted molar refractivity (Wildman–Crippen MR) is 75.9 cm³/mol. The van der Waals surface area contributed by atoms with E-state index in [1.807, 2.05) is 24.1 Å². The van der Waals surface area contributed by atoms with E-state index in [0.29, 0.717) is 4.83 Å². The number of rotatable bonds is 3. The second-order valence-corrected chi connectivity index (χ2v) is 7.03. The van der Waals surface area contributed by atoms with Crippen LogP contribution in [0.15, 0.2) is 29.2 Å². The molecular weight excluding hydrogens is 298 g/mol. The van der Waals surface area contributed by atoms with Crippen LogP contribution in [0.5, 0.6) is 0 Å². The zero-order chi connectivity index (χ0) is 12.4. The Bertz CT molecular complexity index is 422. The van der Waals surface area contributed by atoms with Gasteiger partial charge in [-0.3, -0.25) is 4.79 Å². The number of hydrogen-bond acceptors (Lipinski definition) is 2. The van der Waals surface area contributed by atoms with Gasteiger partial charge in [0.15, 0.2) is 0 Å². The lowest BCUT2D eigenvalue weighted by Crippen LogP contribution is -2.35. The summed E-state index contributed by atoms with van der Waals surface area (Å²) in [6, 6.07) is 8.21. The van der Waals surface area contributed by atoms with Crippen molar-refractivity contribution in [2.45, 2.75) is 22.6 Å². The van der Waals surface area contributed by atoms with Crippen LogP contribution in [-0.4, -0.2) is 35.0 Å². The standard InChI is InChI=1S/C13H16BrNOS/c1-9(14)7-15(2)13(16)11-8-17-12-6-4-3-5-10(11)12/h3-6,9,11H,7-8H2,1-2H3. The molecule has 0 bridgehead atoms. The number of benzene rings is 1. The van der Waals surface area contributed by atoms with Gasteiger partial charge in [-0.15, -0.1) is 11.8 Å². The third kappa shape index (κ3) is 2.86. The van der Waals surface area contributed by atoms with E-state index in [1.54, 1.807) is 11.8 Å². The first-order chi connectivity index (χ1) is 8.09. The first-order valence-corrected chi connectivity index (χ1v) is 7.60. The fraction of sp³-hybridized carbons (Fsp3) is 0.462. The van der Waals surface area contributed by atoms with Crippen molar-refractivity contribution in [3.8, 4) is 0 Å². The van der Waals surface area contributed by atoms with E-state index in [4.69, 9.17) is 0 Å². The Labute approximate surface area is 115 Å². The van der Waals surface area contributed by atoms with Crippen LogP contribution in [0.4, 0.5) is 0 Å². The molecule has 0 spiro atoms. The van der Waals surface area contributed by atoms with Crippen LogP contribution in [0, 0.1) is 0 Å². The lowest BCUT2D eigenvalue weighted by molar-refractivity contribution is -0.130. The van der Waals surface area contributed by atoms with E-state index >= 15 is 0 Å². The van der Waals surface area contributed by atoms with Crippen molar-refractivity contribution in [3.63, 3.8) is 0 Å². The Morgan fingerprint density at radius 3 is 3.00 bits per heavy atom. The van der Waals surface area contributed by atoms with E-state index < -0.39 is 0 Å². The molecule has 0 radical (unpaired) electrons. The number of halogens is 1. The van der Waals surface area contributed by atoms with Crippen molar-refractivity contribution in [3.05, 3.63) is 29.8 Å². The van der Waals surface area contributed by atoms with E-state index in [-0.39, 0.29) is 11.8 Å². The number of fused-ring (bicyclic) bond motifs is 1. The molecule has 1 aliphatic rings. The number of amides is 1. The Morgan fingerprint density at radius 2 is 2.29 bits per heavy atom. The second-order valence-electron chi connectivity index (χ2n) is 4.40. The average molecular weight is 314 g/mol. The molecular formula is C13H16BrNOS. The van der Waals surface area contributed by atoms with Crippen molar-refractivity contribution in [2.24, 2.45) is 0 Å². The fourth-order valence-electron chi connectivity index (χ4n) is 2.10. The summed E-state index contributed by atoms with van der Waals surface area (Å²) in [6.45, 7) is 2.81. The lowest BCUT2D eigenvalue weighted by atomic mass is 10.00. The molecule has 1 amide bonds. The minimum Gasteiger partial charge on any atom is -0.344 e. The topological polar surface area (TPSA) is 20.3 Å². The highest BCUT2D eigenvalue weighted by molar-refractivity contribution is 9.09. The summed E-state index contributed by atoms with van der Waals surface area (Å²) in [5.74, 6) is 1.14. The molecule has 0 aliphatic carbocycles. The molecule has 0 saturated carbocycles. The Balaban J connectivity index is 2.12. The molecule has 0 N–H and O–H groups in total. The van der Waals surface area contributed by atoms with Gasteiger partial charge in [0.25, 0.3) is 0 Å². The number of carbonyl (C=O) groups excluding carboxylic acids is 1. The van der Waals surface area contributed by atoms with E-state index in [9.17, 15) is 4.79 Å². The highest BCUT2D eigenvalue weighted by atomic mass is 79.9. The summed E-state index contributed by atoms with van der Waals surface area (Å²) in [4.78, 5) is 15.8. The Kier molecular flexibility index (Phi) is 4.15. The van der Waals surface area contributed by atoms with Crippen LogP contribution in [0.25, 0.3) is 0 Å². The zero-order valence-electron chi connectivity index (χ0n) is 10.0. The highest BCUT2D eigenvalue weighted by Gasteiger charge is 2.30. The number of likely N-dealkylation sites (N-methyl/N-ethyl adjacent to an activating group) is 1. The van der Waals surface area contributed by atoms with E-state index in [2.05, 4.69) is 35.0 Å². The molecule has 92 valence electrons. The van der Waals surface area contributed by atoms with Gasteiger partial charge < -0.3 is 4.90 Å². The monoisotopic (exact) mass is 313 g/mol. The molecule has 2 rings (SSSR count). The number of hydrogen-bond donors (Lipinski definition) is 0. The lowest BCUT2D eigenvalue weighted by Gasteiger charge is -2.22. The van der Waals surface area contributed by atoms with Crippen molar-refractivity contribution in [1.29, 1.82) is 0 Å². The molecule has 0 fully saturated rings. The molecule has 1 aliphatic heterocycles. The highest BCUT2D eigenvalue weighted by Crippen LogP contribution is 2.40. The zero-order valence-corrected chi connectivity index (χ0v) is 12.4. The van der Waals surface area contributed by atoms with Gasteiger partial charge in [-0.2, -0.15) is 0 Å². The van der Waals surface area contributed by atoms with Gasteiger partial charge in [-0.1, -0.05) is 41.1 Å². The molecule has 0 aromatic heterocycles. The Hall–Kier alpha value is -0.480. The number of carbonyl (C=O) groups is 1. The van der Waals surface area contributed by atoms with Gasteiger partial charge in [-0.05, 0) is 11.6 Å². The van der Waals surface area contributed by atoms with Crippen LogP contribution < -0.4 is 0 Å². The second kappa shape index (κ2) is 5.44.